The molecule has 4 rings (SSSR count). The molecule has 1 saturated carbocycles. The molecule has 0 spiro atoms. The van der Waals surface area contributed by atoms with Crippen molar-refractivity contribution >= 4 is 34.7 Å². The summed E-state index contributed by atoms with van der Waals surface area (Å²) in [5, 5.41) is 13.0. The van der Waals surface area contributed by atoms with Gasteiger partial charge < -0.3 is 20.9 Å². The Labute approximate surface area is 211 Å². The smallest absolute Gasteiger partial charge is 0.247 e. The number of carbonyl (C=O) groups is 3. The molecule has 0 radical (unpaired) electrons. The average molecular weight is 497 g/mol. The van der Waals surface area contributed by atoms with Gasteiger partial charge in [0.1, 0.15) is 12.1 Å². The fourth-order valence-corrected chi connectivity index (χ4v) is 5.98. The van der Waals surface area contributed by atoms with Gasteiger partial charge >= 0.3 is 0 Å². The highest BCUT2D eigenvalue weighted by Gasteiger charge is 2.41. The van der Waals surface area contributed by atoms with E-state index in [9.17, 15) is 14.4 Å². The van der Waals surface area contributed by atoms with Gasteiger partial charge in [0.05, 0.1) is 11.7 Å². The number of benzene rings is 1. The maximum absolute atomic E-state index is 13.8. The number of likely N-dealkylation sites (tertiary alicyclic amines) is 1. The Bertz CT molecular complexity index is 1020. The zero-order valence-electron chi connectivity index (χ0n) is 20.6. The third-order valence-corrected chi connectivity index (χ3v) is 8.10. The lowest BCUT2D eigenvalue weighted by Crippen LogP contribution is -2.57. The summed E-state index contributed by atoms with van der Waals surface area (Å²) in [4.78, 5) is 41.6. The molecule has 1 aromatic heterocycles. The van der Waals surface area contributed by atoms with E-state index >= 15 is 0 Å². The standard InChI is InChI=1S/C27H36N4O3S/c1-18(28-2)25(32)30-24(20-12-7-4-8-13-20)27(34)31-15-9-14-23(31)26(33)29-22-17-35-16-21(22)19-10-5-3-6-11-19/h3,5-6,10-11,16-18,20,23-24,28H,4,7-9,12-15H2,1-2H3,(H,29,33)(H,30,32)/t18-,23-,24-/m0/s1. The predicted octanol–water partition coefficient (Wildman–Crippen LogP) is 4.02. The Morgan fingerprint density at radius 1 is 1.00 bits per heavy atom. The number of nitrogens with one attached hydrogen (secondary N) is 3. The highest BCUT2D eigenvalue weighted by molar-refractivity contribution is 7.08. The van der Waals surface area contributed by atoms with Crippen molar-refractivity contribution in [1.82, 2.24) is 15.5 Å². The number of likely N-dealkylation sites (N-methyl/N-ethyl adjacent to an activating group) is 1. The van der Waals surface area contributed by atoms with Crippen molar-refractivity contribution in [2.75, 3.05) is 18.9 Å². The number of hydrogen-bond donors (Lipinski definition) is 3. The molecule has 8 heteroatoms. The van der Waals surface area contributed by atoms with Gasteiger partial charge in [0.15, 0.2) is 0 Å². The maximum atomic E-state index is 13.8. The van der Waals surface area contributed by atoms with Crippen LogP contribution < -0.4 is 16.0 Å². The number of nitrogens with zero attached hydrogens (tertiary/aromatic N) is 1. The summed E-state index contributed by atoms with van der Waals surface area (Å²) in [6.07, 6.45) is 6.54. The third kappa shape index (κ3) is 5.93. The first-order chi connectivity index (χ1) is 17.0. The van der Waals surface area contributed by atoms with Crippen molar-refractivity contribution in [1.29, 1.82) is 0 Å². The Morgan fingerprint density at radius 2 is 1.74 bits per heavy atom. The van der Waals surface area contributed by atoms with E-state index in [0.29, 0.717) is 13.0 Å². The molecule has 1 aliphatic carbocycles. The quantitative estimate of drug-likeness (QED) is 0.515. The molecule has 1 aromatic carbocycles. The second-order valence-electron chi connectivity index (χ2n) is 9.64. The zero-order chi connectivity index (χ0) is 24.8. The lowest BCUT2D eigenvalue weighted by atomic mass is 9.83. The van der Waals surface area contributed by atoms with E-state index in [0.717, 1.165) is 55.3 Å². The molecule has 2 aliphatic rings. The molecule has 0 bridgehead atoms. The molecule has 2 heterocycles. The van der Waals surface area contributed by atoms with Crippen molar-refractivity contribution in [3.05, 3.63) is 41.1 Å². The Balaban J connectivity index is 1.50. The fraction of sp³-hybridized carbons (Fsp3) is 0.519. The number of hydrogen-bond acceptors (Lipinski definition) is 5. The van der Waals surface area contributed by atoms with Gasteiger partial charge in [-0.1, -0.05) is 49.6 Å². The van der Waals surface area contributed by atoms with E-state index < -0.39 is 12.1 Å². The highest BCUT2D eigenvalue weighted by atomic mass is 32.1. The molecule has 1 aliphatic heterocycles. The van der Waals surface area contributed by atoms with Crippen LogP contribution in [0.4, 0.5) is 5.69 Å². The van der Waals surface area contributed by atoms with Crippen LogP contribution in [0.3, 0.4) is 0 Å². The van der Waals surface area contributed by atoms with Gasteiger partial charge in [0.2, 0.25) is 17.7 Å². The van der Waals surface area contributed by atoms with Crippen LogP contribution in [0, 0.1) is 5.92 Å². The molecule has 2 aromatic rings. The van der Waals surface area contributed by atoms with Crippen LogP contribution in [0.5, 0.6) is 0 Å². The number of anilines is 1. The van der Waals surface area contributed by atoms with Crippen molar-refractivity contribution < 1.29 is 14.4 Å². The Hall–Kier alpha value is -2.71. The normalized spacial score (nSPS) is 20.3. The van der Waals surface area contributed by atoms with Crippen LogP contribution >= 0.6 is 11.3 Å². The number of rotatable bonds is 8. The summed E-state index contributed by atoms with van der Waals surface area (Å²) in [5.74, 6) is -0.360. The average Bonchev–Trinajstić information content (AvgIpc) is 3.57. The first-order valence-electron chi connectivity index (χ1n) is 12.7. The minimum absolute atomic E-state index is 0.107. The number of amides is 3. The second kappa shape index (κ2) is 11.8. The topological polar surface area (TPSA) is 90.5 Å². The molecule has 0 unspecified atom stereocenters. The number of carbonyl (C=O) groups excluding carboxylic acids is 3. The predicted molar refractivity (Wildman–Crippen MR) is 140 cm³/mol. The summed E-state index contributed by atoms with van der Waals surface area (Å²) >= 11 is 1.54. The lowest BCUT2D eigenvalue weighted by Gasteiger charge is -2.35. The van der Waals surface area contributed by atoms with Crippen molar-refractivity contribution in [2.24, 2.45) is 5.92 Å². The molecule has 35 heavy (non-hydrogen) atoms. The van der Waals surface area contributed by atoms with E-state index in [1.807, 2.05) is 41.1 Å². The molecule has 7 nitrogen and oxygen atoms in total. The van der Waals surface area contributed by atoms with Crippen LogP contribution in [-0.4, -0.2) is 54.3 Å². The van der Waals surface area contributed by atoms with E-state index in [2.05, 4.69) is 16.0 Å². The van der Waals surface area contributed by atoms with Crippen molar-refractivity contribution in [2.45, 2.75) is 70.0 Å². The van der Waals surface area contributed by atoms with Gasteiger partial charge in [-0.05, 0) is 51.1 Å². The van der Waals surface area contributed by atoms with Gasteiger partial charge in [-0.25, -0.2) is 0 Å². The minimum atomic E-state index is -0.590. The molecule has 3 amide bonds. The monoisotopic (exact) mass is 496 g/mol. The molecule has 3 atom stereocenters. The van der Waals surface area contributed by atoms with Crippen molar-refractivity contribution in [3.63, 3.8) is 0 Å². The summed E-state index contributed by atoms with van der Waals surface area (Å²) in [6.45, 7) is 2.32. The van der Waals surface area contributed by atoms with Crippen LogP contribution in [0.1, 0.15) is 51.9 Å². The Kier molecular flexibility index (Phi) is 8.57. The fourth-order valence-electron chi connectivity index (χ4n) is 5.19. The zero-order valence-corrected chi connectivity index (χ0v) is 21.4. The van der Waals surface area contributed by atoms with Crippen LogP contribution in [0.2, 0.25) is 0 Å². The maximum Gasteiger partial charge on any atom is 0.247 e. The minimum Gasteiger partial charge on any atom is -0.343 e. The summed E-state index contributed by atoms with van der Waals surface area (Å²) in [5.41, 5.74) is 2.79. The largest absolute Gasteiger partial charge is 0.343 e. The third-order valence-electron chi connectivity index (χ3n) is 7.35. The highest BCUT2D eigenvalue weighted by Crippen LogP contribution is 2.33. The summed E-state index contributed by atoms with van der Waals surface area (Å²) in [7, 11) is 1.73. The van der Waals surface area contributed by atoms with Gasteiger partial charge in [-0.2, -0.15) is 0 Å². The van der Waals surface area contributed by atoms with Crippen molar-refractivity contribution in [3.8, 4) is 11.1 Å². The van der Waals surface area contributed by atoms with Crippen LogP contribution in [0.25, 0.3) is 11.1 Å². The van der Waals surface area contributed by atoms with E-state index in [1.165, 1.54) is 11.3 Å². The van der Waals surface area contributed by atoms with Gasteiger partial charge in [0.25, 0.3) is 0 Å². The Morgan fingerprint density at radius 3 is 2.46 bits per heavy atom. The molecule has 1 saturated heterocycles. The molecular formula is C27H36N4O3S. The second-order valence-corrected chi connectivity index (χ2v) is 10.4. The van der Waals surface area contributed by atoms with Gasteiger partial charge in [0, 0.05) is 22.9 Å². The number of thiophene rings is 1. The lowest BCUT2D eigenvalue weighted by molar-refractivity contribution is -0.142. The van der Waals surface area contributed by atoms with Gasteiger partial charge in [-0.15, -0.1) is 11.3 Å². The van der Waals surface area contributed by atoms with E-state index in [4.69, 9.17) is 0 Å². The van der Waals surface area contributed by atoms with E-state index in [1.54, 1.807) is 18.9 Å². The summed E-state index contributed by atoms with van der Waals surface area (Å²) < 4.78 is 0. The van der Waals surface area contributed by atoms with Gasteiger partial charge in [-0.3, -0.25) is 14.4 Å². The van der Waals surface area contributed by atoms with E-state index in [-0.39, 0.29) is 29.7 Å². The molecule has 188 valence electrons. The SMILES string of the molecule is CN[C@@H](C)C(=O)N[C@H](C(=O)N1CCC[C@H]1C(=O)Nc1cscc1-c1ccccc1)C1CCCCC1. The van der Waals surface area contributed by atoms with Crippen LogP contribution in [-0.2, 0) is 14.4 Å². The molecule has 3 N–H and O–H groups in total. The first-order valence-corrected chi connectivity index (χ1v) is 13.6. The molecular weight excluding hydrogens is 460 g/mol. The first kappa shape index (κ1) is 25.4. The molecule has 2 fully saturated rings. The summed E-state index contributed by atoms with van der Waals surface area (Å²) in [6, 6.07) is 8.45. The van der Waals surface area contributed by atoms with Crippen LogP contribution in [0.15, 0.2) is 41.1 Å².